The van der Waals surface area contributed by atoms with E-state index in [1.165, 1.54) is 5.56 Å². The Morgan fingerprint density at radius 2 is 1.81 bits per heavy atom. The Balaban J connectivity index is 1.21. The number of azo groups is 1. The van der Waals surface area contributed by atoms with Crippen LogP contribution in [-0.2, 0) is 16.0 Å². The first-order chi connectivity index (χ1) is 15.7. The van der Waals surface area contributed by atoms with Crippen LogP contribution < -0.4 is 0 Å². The van der Waals surface area contributed by atoms with Gasteiger partial charge in [-0.05, 0) is 55.0 Å². The molecule has 0 radical (unpaired) electrons. The van der Waals surface area contributed by atoms with Crippen LogP contribution in [0.5, 0.6) is 0 Å². The first kappa shape index (κ1) is 22.1. The molecule has 4 rings (SSSR count). The highest BCUT2D eigenvalue weighted by atomic mass is 16.5. The Hall–Kier alpha value is -3.09. The molecule has 1 aliphatic heterocycles. The number of hydrogen-bond acceptors (Lipinski definition) is 5. The summed E-state index contributed by atoms with van der Waals surface area (Å²) in [5.41, 5.74) is 2.88. The van der Waals surface area contributed by atoms with Crippen LogP contribution in [0.15, 0.2) is 77.0 Å². The van der Waals surface area contributed by atoms with E-state index in [-0.39, 0.29) is 5.92 Å². The minimum atomic E-state index is -0.685. The van der Waals surface area contributed by atoms with Crippen molar-refractivity contribution in [2.45, 2.75) is 19.3 Å². The lowest BCUT2D eigenvalue weighted by Gasteiger charge is -2.30. The molecule has 0 spiro atoms. The van der Waals surface area contributed by atoms with E-state index in [9.17, 15) is 9.90 Å². The Labute approximate surface area is 188 Å². The molecule has 6 nitrogen and oxygen atoms in total. The number of ether oxygens (including phenoxy) is 1. The van der Waals surface area contributed by atoms with Gasteiger partial charge in [0.25, 0.3) is 0 Å². The monoisotopic (exact) mass is 431 g/mol. The van der Waals surface area contributed by atoms with Gasteiger partial charge in [0.2, 0.25) is 0 Å². The van der Waals surface area contributed by atoms with Crippen LogP contribution in [-0.4, -0.2) is 48.8 Å². The van der Waals surface area contributed by atoms with Gasteiger partial charge >= 0.3 is 5.97 Å². The summed E-state index contributed by atoms with van der Waals surface area (Å²) in [5, 5.41) is 20.3. The van der Waals surface area contributed by atoms with Crippen molar-refractivity contribution in [2.75, 3.05) is 32.8 Å². The van der Waals surface area contributed by atoms with E-state index in [4.69, 9.17) is 4.74 Å². The topological polar surface area (TPSA) is 74.5 Å². The molecule has 166 valence electrons. The molecule has 32 heavy (non-hydrogen) atoms. The molecule has 0 aliphatic carbocycles. The number of carboxylic acid groups (broad SMARTS) is 1. The van der Waals surface area contributed by atoms with Crippen molar-refractivity contribution in [1.82, 2.24) is 4.90 Å². The number of carbonyl (C=O) groups is 1. The lowest BCUT2D eigenvalue weighted by molar-refractivity contribution is -0.143. The first-order valence-electron chi connectivity index (χ1n) is 11.2. The van der Waals surface area contributed by atoms with E-state index >= 15 is 0 Å². The molecule has 3 aromatic rings. The van der Waals surface area contributed by atoms with Crippen molar-refractivity contribution in [1.29, 1.82) is 0 Å². The fourth-order valence-electron chi connectivity index (χ4n) is 4.08. The third-order valence-electron chi connectivity index (χ3n) is 5.92. The number of nitrogens with zero attached hydrogens (tertiary/aromatic N) is 3. The van der Waals surface area contributed by atoms with Crippen molar-refractivity contribution < 1.29 is 14.6 Å². The zero-order valence-electron chi connectivity index (χ0n) is 18.2. The predicted octanol–water partition coefficient (Wildman–Crippen LogP) is 5.61. The number of benzene rings is 3. The van der Waals surface area contributed by atoms with Gasteiger partial charge in [-0.15, -0.1) is 5.11 Å². The van der Waals surface area contributed by atoms with Gasteiger partial charge in [-0.3, -0.25) is 4.79 Å². The van der Waals surface area contributed by atoms with E-state index < -0.39 is 5.97 Å². The van der Waals surface area contributed by atoms with Crippen LogP contribution in [0.4, 0.5) is 11.4 Å². The van der Waals surface area contributed by atoms with Crippen molar-refractivity contribution in [3.63, 3.8) is 0 Å². The number of likely N-dealkylation sites (tertiary alicyclic amines) is 1. The second kappa shape index (κ2) is 11.0. The highest BCUT2D eigenvalue weighted by molar-refractivity contribution is 5.92. The van der Waals surface area contributed by atoms with Gasteiger partial charge < -0.3 is 14.7 Å². The molecule has 1 aliphatic rings. The Morgan fingerprint density at radius 1 is 1.00 bits per heavy atom. The van der Waals surface area contributed by atoms with Gasteiger partial charge in [-0.2, -0.15) is 5.11 Å². The van der Waals surface area contributed by atoms with Crippen LogP contribution >= 0.6 is 0 Å². The molecular formula is C26H29N3O3. The average molecular weight is 432 g/mol. The average Bonchev–Trinajstić information content (AvgIpc) is 2.83. The summed E-state index contributed by atoms with van der Waals surface area (Å²) in [6.45, 7) is 3.66. The predicted molar refractivity (Wildman–Crippen MR) is 126 cm³/mol. The van der Waals surface area contributed by atoms with Crippen molar-refractivity contribution in [2.24, 2.45) is 16.1 Å². The summed E-state index contributed by atoms with van der Waals surface area (Å²) in [7, 11) is 0. The third kappa shape index (κ3) is 5.99. The van der Waals surface area contributed by atoms with Crippen LogP contribution in [0.2, 0.25) is 0 Å². The summed E-state index contributed by atoms with van der Waals surface area (Å²) in [5.74, 6) is -0.921. The van der Waals surface area contributed by atoms with Gasteiger partial charge in [-0.1, -0.05) is 48.5 Å². The number of fused-ring (bicyclic) bond motifs is 1. The molecule has 6 heteroatoms. The first-order valence-corrected chi connectivity index (χ1v) is 11.2. The normalized spacial score (nSPS) is 17.2. The van der Waals surface area contributed by atoms with Crippen molar-refractivity contribution >= 4 is 28.1 Å². The Bertz CT molecular complexity index is 1060. The highest BCUT2D eigenvalue weighted by Crippen LogP contribution is 2.27. The second-order valence-corrected chi connectivity index (χ2v) is 8.21. The summed E-state index contributed by atoms with van der Waals surface area (Å²) < 4.78 is 5.78. The van der Waals surface area contributed by atoms with E-state index in [0.29, 0.717) is 19.8 Å². The van der Waals surface area contributed by atoms with Gasteiger partial charge in [0.1, 0.15) is 0 Å². The zero-order valence-corrected chi connectivity index (χ0v) is 18.2. The van der Waals surface area contributed by atoms with Crippen molar-refractivity contribution in [3.05, 3.63) is 72.3 Å². The number of rotatable bonds is 9. The molecule has 1 N–H and O–H groups in total. The maximum Gasteiger partial charge on any atom is 0.307 e. The summed E-state index contributed by atoms with van der Waals surface area (Å²) in [4.78, 5) is 13.3. The molecule has 3 aromatic carbocycles. The summed E-state index contributed by atoms with van der Waals surface area (Å²) >= 11 is 0. The molecule has 1 fully saturated rings. The lowest BCUT2D eigenvalue weighted by Crippen LogP contribution is -2.40. The Kier molecular flexibility index (Phi) is 7.59. The van der Waals surface area contributed by atoms with Crippen molar-refractivity contribution in [3.8, 4) is 0 Å². The quantitative estimate of drug-likeness (QED) is 0.353. The molecule has 0 unspecified atom stereocenters. The SMILES string of the molecule is O=C(O)[C@@H]1CCCN(CCOCCc2ccc(N=Nc3cccc4ccccc34)cc2)C1. The molecule has 1 heterocycles. The fourth-order valence-corrected chi connectivity index (χ4v) is 4.08. The zero-order chi connectivity index (χ0) is 22.2. The van der Waals surface area contributed by atoms with E-state index in [1.807, 2.05) is 36.4 Å². The Morgan fingerprint density at radius 3 is 2.66 bits per heavy atom. The maximum absolute atomic E-state index is 11.2. The van der Waals surface area contributed by atoms with Gasteiger partial charge in [0.05, 0.1) is 30.5 Å². The third-order valence-corrected chi connectivity index (χ3v) is 5.92. The van der Waals surface area contributed by atoms with Gasteiger partial charge in [0, 0.05) is 18.5 Å². The molecule has 0 aromatic heterocycles. The fraction of sp³-hybridized carbons (Fsp3) is 0.346. The molecule has 1 saturated heterocycles. The van der Waals surface area contributed by atoms with Crippen LogP contribution in [0, 0.1) is 5.92 Å². The van der Waals surface area contributed by atoms with Gasteiger partial charge in [-0.25, -0.2) is 0 Å². The molecule has 0 saturated carbocycles. The molecule has 1 atom stereocenters. The number of piperidine rings is 1. The summed E-state index contributed by atoms with van der Waals surface area (Å²) in [6.07, 6.45) is 2.56. The highest BCUT2D eigenvalue weighted by Gasteiger charge is 2.24. The maximum atomic E-state index is 11.2. The minimum absolute atomic E-state index is 0.236. The van der Waals surface area contributed by atoms with Crippen LogP contribution in [0.3, 0.4) is 0 Å². The number of aliphatic carboxylic acids is 1. The lowest BCUT2D eigenvalue weighted by atomic mass is 9.98. The van der Waals surface area contributed by atoms with Crippen LogP contribution in [0.1, 0.15) is 18.4 Å². The minimum Gasteiger partial charge on any atom is -0.481 e. The van der Waals surface area contributed by atoms with Gasteiger partial charge in [0.15, 0.2) is 0 Å². The number of hydrogen-bond donors (Lipinski definition) is 1. The standard InChI is InChI=1S/C26H29N3O3/c30-26(31)22-7-4-15-29(19-22)16-18-32-17-14-20-10-12-23(13-11-20)27-28-25-9-3-6-21-5-1-2-8-24(21)25/h1-3,5-6,8-13,22H,4,7,14-19H2,(H,30,31)/t22-/m1/s1. The largest absolute Gasteiger partial charge is 0.481 e. The van der Waals surface area contributed by atoms with E-state index in [1.54, 1.807) is 0 Å². The number of carboxylic acids is 1. The van der Waals surface area contributed by atoms with E-state index in [2.05, 4.69) is 45.5 Å². The van der Waals surface area contributed by atoms with Crippen LogP contribution in [0.25, 0.3) is 10.8 Å². The smallest absolute Gasteiger partial charge is 0.307 e. The molecule has 0 amide bonds. The van der Waals surface area contributed by atoms with E-state index in [0.717, 1.165) is 54.5 Å². The molecule has 0 bridgehead atoms. The second-order valence-electron chi connectivity index (χ2n) is 8.21. The summed E-state index contributed by atoms with van der Waals surface area (Å²) in [6, 6.07) is 22.3. The molecular weight excluding hydrogens is 402 g/mol.